The van der Waals surface area contributed by atoms with E-state index in [4.69, 9.17) is 14.5 Å². The molecule has 0 aliphatic carbocycles. The number of ether oxygens (including phenoxy) is 2. The Bertz CT molecular complexity index is 652. The number of hydrogen-bond donors (Lipinski definition) is 2. The van der Waals surface area contributed by atoms with Gasteiger partial charge in [-0.2, -0.15) is 0 Å². The van der Waals surface area contributed by atoms with Crippen LogP contribution in [-0.4, -0.2) is 69.5 Å². The second kappa shape index (κ2) is 15.0. The molecule has 0 radical (unpaired) electrons. The van der Waals surface area contributed by atoms with Gasteiger partial charge in [0.05, 0.1) is 19.8 Å². The van der Waals surface area contributed by atoms with Crippen LogP contribution in [0.25, 0.3) is 0 Å². The fraction of sp³-hybridized carbons (Fsp3) is 0.708. The molecule has 0 bridgehead atoms. The first kappa shape index (κ1) is 26.4. The zero-order valence-corrected chi connectivity index (χ0v) is 21.6. The van der Waals surface area contributed by atoms with Crippen LogP contribution in [0.15, 0.2) is 29.3 Å². The number of nitrogens with one attached hydrogen (secondary N) is 2. The molecule has 2 unspecified atom stereocenters. The SMILES string of the molecule is CCNC(=NCC(CC)N1CCc2ccccc2C1)NCCCOCC1CCOC1.I. The molecular formula is C24H41IN4O2. The van der Waals surface area contributed by atoms with Gasteiger partial charge < -0.3 is 20.1 Å². The summed E-state index contributed by atoms with van der Waals surface area (Å²) in [5, 5.41) is 6.84. The molecule has 2 aliphatic rings. The fourth-order valence-corrected chi connectivity index (χ4v) is 4.22. The molecule has 2 aliphatic heterocycles. The topological polar surface area (TPSA) is 58.1 Å². The molecule has 0 saturated carbocycles. The molecule has 1 saturated heterocycles. The van der Waals surface area contributed by atoms with Crippen molar-refractivity contribution in [2.45, 2.75) is 52.1 Å². The van der Waals surface area contributed by atoms with Crippen LogP contribution in [0.1, 0.15) is 44.2 Å². The van der Waals surface area contributed by atoms with Gasteiger partial charge in [0.1, 0.15) is 0 Å². The fourth-order valence-electron chi connectivity index (χ4n) is 4.22. The van der Waals surface area contributed by atoms with Crippen molar-refractivity contribution >= 4 is 29.9 Å². The first-order valence-corrected chi connectivity index (χ1v) is 11.8. The molecule has 31 heavy (non-hydrogen) atoms. The van der Waals surface area contributed by atoms with Crippen molar-refractivity contribution in [3.63, 3.8) is 0 Å². The van der Waals surface area contributed by atoms with E-state index in [1.165, 1.54) is 11.1 Å². The molecule has 2 atom stereocenters. The molecule has 1 aromatic rings. The molecule has 1 fully saturated rings. The van der Waals surface area contributed by atoms with Gasteiger partial charge in [0.15, 0.2) is 5.96 Å². The van der Waals surface area contributed by atoms with Gasteiger partial charge in [0.2, 0.25) is 0 Å². The number of nitrogens with zero attached hydrogens (tertiary/aromatic N) is 2. The summed E-state index contributed by atoms with van der Waals surface area (Å²) in [7, 11) is 0. The van der Waals surface area contributed by atoms with Crippen molar-refractivity contribution in [2.24, 2.45) is 10.9 Å². The Kier molecular flexibility index (Phi) is 12.8. The maximum Gasteiger partial charge on any atom is 0.191 e. The van der Waals surface area contributed by atoms with Gasteiger partial charge in [-0.1, -0.05) is 31.2 Å². The van der Waals surface area contributed by atoms with Crippen LogP contribution in [-0.2, 0) is 22.4 Å². The molecule has 3 rings (SSSR count). The smallest absolute Gasteiger partial charge is 0.191 e. The van der Waals surface area contributed by atoms with E-state index in [0.29, 0.717) is 12.0 Å². The van der Waals surface area contributed by atoms with Crippen molar-refractivity contribution in [3.05, 3.63) is 35.4 Å². The highest BCUT2D eigenvalue weighted by Crippen LogP contribution is 2.21. The minimum Gasteiger partial charge on any atom is -0.381 e. The maximum absolute atomic E-state index is 5.80. The zero-order chi connectivity index (χ0) is 21.0. The molecule has 0 spiro atoms. The monoisotopic (exact) mass is 544 g/mol. The summed E-state index contributed by atoms with van der Waals surface area (Å²) in [6, 6.07) is 9.32. The van der Waals surface area contributed by atoms with Gasteiger partial charge in [-0.25, -0.2) is 0 Å². The zero-order valence-electron chi connectivity index (χ0n) is 19.3. The molecule has 0 aromatic heterocycles. The van der Waals surface area contributed by atoms with Crippen LogP contribution in [0.3, 0.4) is 0 Å². The predicted molar refractivity (Wildman–Crippen MR) is 138 cm³/mol. The number of guanidine groups is 1. The van der Waals surface area contributed by atoms with Crippen LogP contribution < -0.4 is 10.6 Å². The molecule has 1 aromatic carbocycles. The summed E-state index contributed by atoms with van der Waals surface area (Å²) in [6.45, 7) is 12.5. The van der Waals surface area contributed by atoms with Crippen molar-refractivity contribution in [1.82, 2.24) is 15.5 Å². The van der Waals surface area contributed by atoms with Crippen LogP contribution in [0, 0.1) is 5.92 Å². The van der Waals surface area contributed by atoms with Crippen LogP contribution in [0.4, 0.5) is 0 Å². The van der Waals surface area contributed by atoms with Crippen LogP contribution >= 0.6 is 24.0 Å². The second-order valence-electron chi connectivity index (χ2n) is 8.36. The highest BCUT2D eigenvalue weighted by atomic mass is 127. The average molecular weight is 545 g/mol. The summed E-state index contributed by atoms with van der Waals surface area (Å²) < 4.78 is 11.2. The minimum absolute atomic E-state index is 0. The Morgan fingerprint density at radius 2 is 2.10 bits per heavy atom. The van der Waals surface area contributed by atoms with E-state index in [0.717, 1.165) is 90.8 Å². The quantitative estimate of drug-likeness (QED) is 0.194. The summed E-state index contributed by atoms with van der Waals surface area (Å²) in [5.41, 5.74) is 2.98. The van der Waals surface area contributed by atoms with Gasteiger partial charge in [0.25, 0.3) is 0 Å². The number of aliphatic imine (C=N–C) groups is 1. The number of fused-ring (bicyclic) bond motifs is 1. The van der Waals surface area contributed by atoms with Crippen LogP contribution in [0.5, 0.6) is 0 Å². The Morgan fingerprint density at radius 3 is 2.84 bits per heavy atom. The van der Waals surface area contributed by atoms with Crippen molar-refractivity contribution in [1.29, 1.82) is 0 Å². The predicted octanol–water partition coefficient (Wildman–Crippen LogP) is 3.44. The lowest BCUT2D eigenvalue weighted by molar-refractivity contribution is 0.0888. The van der Waals surface area contributed by atoms with E-state index in [-0.39, 0.29) is 24.0 Å². The first-order valence-electron chi connectivity index (χ1n) is 11.8. The van der Waals surface area contributed by atoms with E-state index in [1.54, 1.807) is 0 Å². The van der Waals surface area contributed by atoms with Crippen molar-refractivity contribution in [2.75, 3.05) is 52.6 Å². The third kappa shape index (κ3) is 8.86. The molecular weight excluding hydrogens is 503 g/mol. The Balaban J connectivity index is 0.00000341. The van der Waals surface area contributed by atoms with E-state index in [1.807, 2.05) is 0 Å². The van der Waals surface area contributed by atoms with E-state index in [2.05, 4.69) is 53.6 Å². The first-order chi connectivity index (χ1) is 14.8. The molecule has 7 heteroatoms. The van der Waals surface area contributed by atoms with Gasteiger partial charge in [0, 0.05) is 51.4 Å². The van der Waals surface area contributed by atoms with Crippen LogP contribution in [0.2, 0.25) is 0 Å². The number of benzene rings is 1. The highest BCUT2D eigenvalue weighted by molar-refractivity contribution is 14.0. The molecule has 2 heterocycles. The summed E-state index contributed by atoms with van der Waals surface area (Å²) in [4.78, 5) is 7.49. The van der Waals surface area contributed by atoms with E-state index >= 15 is 0 Å². The molecule has 176 valence electrons. The van der Waals surface area contributed by atoms with Gasteiger partial charge in [-0.15, -0.1) is 24.0 Å². The third-order valence-electron chi connectivity index (χ3n) is 6.09. The van der Waals surface area contributed by atoms with Crippen molar-refractivity contribution in [3.8, 4) is 0 Å². The lowest BCUT2D eigenvalue weighted by Crippen LogP contribution is -2.43. The molecule has 0 amide bonds. The largest absolute Gasteiger partial charge is 0.381 e. The van der Waals surface area contributed by atoms with Gasteiger partial charge in [-0.05, 0) is 43.7 Å². The summed E-state index contributed by atoms with van der Waals surface area (Å²) in [6.07, 6.45) is 4.38. The standard InChI is InChI=1S/C24H40N4O2.HI/c1-3-23(28-13-10-21-8-5-6-9-22(21)17-28)16-27-24(25-4-2)26-12-7-14-29-18-20-11-15-30-19-20;/h5-6,8-9,20,23H,3-4,7,10-19H2,1-2H3,(H2,25,26,27);1H. The highest BCUT2D eigenvalue weighted by Gasteiger charge is 2.22. The van der Waals surface area contributed by atoms with Gasteiger partial charge in [-0.3, -0.25) is 9.89 Å². The third-order valence-corrected chi connectivity index (χ3v) is 6.09. The number of halogens is 1. The average Bonchev–Trinajstić information content (AvgIpc) is 3.30. The lowest BCUT2D eigenvalue weighted by atomic mass is 9.98. The Labute approximate surface area is 205 Å². The normalized spacial score (nSPS) is 20.1. The Morgan fingerprint density at radius 1 is 1.26 bits per heavy atom. The maximum atomic E-state index is 5.80. The van der Waals surface area contributed by atoms with Gasteiger partial charge >= 0.3 is 0 Å². The second-order valence-corrected chi connectivity index (χ2v) is 8.36. The number of rotatable bonds is 11. The lowest BCUT2D eigenvalue weighted by Gasteiger charge is -2.34. The molecule has 2 N–H and O–H groups in total. The minimum atomic E-state index is 0. The van der Waals surface area contributed by atoms with Crippen molar-refractivity contribution < 1.29 is 9.47 Å². The summed E-state index contributed by atoms with van der Waals surface area (Å²) in [5.74, 6) is 1.50. The Hall–Kier alpha value is -0.900. The number of hydrogen-bond acceptors (Lipinski definition) is 4. The summed E-state index contributed by atoms with van der Waals surface area (Å²) >= 11 is 0. The molecule has 6 nitrogen and oxygen atoms in total. The van der Waals surface area contributed by atoms with E-state index in [9.17, 15) is 0 Å². The van der Waals surface area contributed by atoms with E-state index < -0.39 is 0 Å².